The molecule has 9 nitrogen and oxygen atoms in total. The molecular formula is C27H23ClN4O5. The van der Waals surface area contributed by atoms with Gasteiger partial charge in [-0.2, -0.15) is 0 Å². The number of carbonyl (C=O) groups is 1. The van der Waals surface area contributed by atoms with Gasteiger partial charge in [0.05, 0.1) is 22.6 Å². The smallest absolute Gasteiger partial charge is 0.338 e. The zero-order valence-electron chi connectivity index (χ0n) is 20.0. The number of ether oxygens (including phenoxy) is 1. The minimum absolute atomic E-state index is 0.0681. The van der Waals surface area contributed by atoms with Crippen LogP contribution in [0.2, 0.25) is 5.02 Å². The molecular weight excluding hydrogens is 496 g/mol. The van der Waals surface area contributed by atoms with Gasteiger partial charge in [-0.15, -0.1) is 0 Å². The first-order valence-corrected chi connectivity index (χ1v) is 11.9. The van der Waals surface area contributed by atoms with Gasteiger partial charge in [-0.25, -0.2) is 4.79 Å². The number of rotatable bonds is 7. The lowest BCUT2D eigenvalue weighted by Gasteiger charge is -2.12. The Bertz CT molecular complexity index is 1630. The first kappa shape index (κ1) is 24.2. The lowest BCUT2D eigenvalue weighted by molar-refractivity contribution is 0.0473. The van der Waals surface area contributed by atoms with Crippen molar-refractivity contribution in [1.29, 1.82) is 0 Å². The second-order valence-electron chi connectivity index (χ2n) is 8.62. The molecule has 4 N–H and O–H groups in total. The summed E-state index contributed by atoms with van der Waals surface area (Å²) < 4.78 is 11.5. The Balaban J connectivity index is 1.40. The summed E-state index contributed by atoms with van der Waals surface area (Å²) in [4.78, 5) is 37.7. The van der Waals surface area contributed by atoms with Crippen LogP contribution in [0.25, 0.3) is 11.3 Å². The van der Waals surface area contributed by atoms with Crippen molar-refractivity contribution in [3.63, 3.8) is 0 Å². The SMILES string of the molecule is Cc1[nH][nH]c(=O)c1C(c1ccc(-c2ccc(C(=O)OCc3ccccc3Cl)cc2)o1)c1c(C)[nH][nH]c1=O. The average molecular weight is 519 g/mol. The summed E-state index contributed by atoms with van der Waals surface area (Å²) in [6.45, 7) is 3.58. The number of esters is 1. The highest BCUT2D eigenvalue weighted by molar-refractivity contribution is 6.31. The van der Waals surface area contributed by atoms with Gasteiger partial charge in [0.1, 0.15) is 18.1 Å². The summed E-state index contributed by atoms with van der Waals surface area (Å²) in [6.07, 6.45) is 0. The number of aromatic nitrogens is 4. The Hall–Kier alpha value is -4.50. The summed E-state index contributed by atoms with van der Waals surface area (Å²) in [5.41, 5.74) is 3.15. The number of furan rings is 1. The maximum Gasteiger partial charge on any atom is 0.338 e. The van der Waals surface area contributed by atoms with E-state index in [0.717, 1.165) is 5.56 Å². The van der Waals surface area contributed by atoms with Crippen LogP contribution in [0.3, 0.4) is 0 Å². The van der Waals surface area contributed by atoms with Gasteiger partial charge in [0.2, 0.25) is 0 Å². The van der Waals surface area contributed by atoms with Crippen LogP contribution in [0.5, 0.6) is 0 Å². The fourth-order valence-electron chi connectivity index (χ4n) is 4.31. The number of aryl methyl sites for hydroxylation is 2. The molecule has 2 aromatic carbocycles. The highest BCUT2D eigenvalue weighted by Crippen LogP contribution is 2.34. The maximum absolute atomic E-state index is 12.6. The number of hydrogen-bond acceptors (Lipinski definition) is 5. The molecule has 3 heterocycles. The van der Waals surface area contributed by atoms with E-state index in [0.29, 0.717) is 50.2 Å². The summed E-state index contributed by atoms with van der Waals surface area (Å²) in [5, 5.41) is 11.3. The molecule has 3 aromatic heterocycles. The number of benzene rings is 2. The van der Waals surface area contributed by atoms with Gasteiger partial charge < -0.3 is 19.4 Å². The lowest BCUT2D eigenvalue weighted by Crippen LogP contribution is -2.19. The highest BCUT2D eigenvalue weighted by atomic mass is 35.5. The normalized spacial score (nSPS) is 11.2. The quantitative estimate of drug-likeness (QED) is 0.230. The monoisotopic (exact) mass is 518 g/mol. The standard InChI is InChI=1S/C27H23ClN4O5/c1-14-22(25(33)31-29-14)24(23-15(2)30-32-26(23)34)21-12-11-20(37-21)16-7-9-17(10-8-16)27(35)36-13-18-5-3-4-6-19(18)28/h3-12,24H,13H2,1-2H3,(H2,29,31,33)(H2,30,32,34). The van der Waals surface area contributed by atoms with Crippen molar-refractivity contribution in [3.8, 4) is 11.3 Å². The molecule has 10 heteroatoms. The van der Waals surface area contributed by atoms with Crippen LogP contribution in [0, 0.1) is 13.8 Å². The van der Waals surface area contributed by atoms with Crippen LogP contribution in [-0.2, 0) is 11.3 Å². The van der Waals surface area contributed by atoms with Crippen LogP contribution >= 0.6 is 11.6 Å². The molecule has 0 aliphatic carbocycles. The lowest BCUT2D eigenvalue weighted by atomic mass is 9.89. The molecule has 0 radical (unpaired) electrons. The first-order valence-electron chi connectivity index (χ1n) is 11.5. The molecule has 0 spiro atoms. The zero-order chi connectivity index (χ0) is 26.1. The summed E-state index contributed by atoms with van der Waals surface area (Å²) in [7, 11) is 0. The molecule has 188 valence electrons. The van der Waals surface area contributed by atoms with Gasteiger partial charge in [0, 0.05) is 27.5 Å². The van der Waals surface area contributed by atoms with Gasteiger partial charge in [0.15, 0.2) is 0 Å². The summed E-state index contributed by atoms with van der Waals surface area (Å²) in [5.74, 6) is -0.251. The Kier molecular flexibility index (Phi) is 6.45. The Labute approximate surface area is 215 Å². The number of halogens is 1. The molecule has 0 aliphatic rings. The Morgan fingerprint density at radius 3 is 2.05 bits per heavy atom. The molecule has 37 heavy (non-hydrogen) atoms. The Morgan fingerprint density at radius 1 is 0.865 bits per heavy atom. The molecule has 0 unspecified atom stereocenters. The van der Waals surface area contributed by atoms with Gasteiger partial charge >= 0.3 is 5.97 Å². The van der Waals surface area contributed by atoms with E-state index in [9.17, 15) is 14.4 Å². The van der Waals surface area contributed by atoms with Crippen molar-refractivity contribution in [2.75, 3.05) is 0 Å². The molecule has 5 aromatic rings. The topological polar surface area (TPSA) is 137 Å². The van der Waals surface area contributed by atoms with E-state index in [1.165, 1.54) is 0 Å². The second-order valence-corrected chi connectivity index (χ2v) is 9.02. The average Bonchev–Trinajstić information content (AvgIpc) is 3.60. The van der Waals surface area contributed by atoms with E-state index in [-0.39, 0.29) is 17.7 Å². The molecule has 0 saturated carbocycles. The van der Waals surface area contributed by atoms with E-state index in [2.05, 4.69) is 20.4 Å². The number of hydrogen-bond donors (Lipinski definition) is 4. The zero-order valence-corrected chi connectivity index (χ0v) is 20.7. The van der Waals surface area contributed by atoms with Gasteiger partial charge in [0.25, 0.3) is 11.1 Å². The van der Waals surface area contributed by atoms with Crippen LogP contribution in [0.4, 0.5) is 0 Å². The predicted molar refractivity (Wildman–Crippen MR) is 138 cm³/mol. The molecule has 0 bridgehead atoms. The second kappa shape index (κ2) is 9.87. The van der Waals surface area contributed by atoms with Crippen molar-refractivity contribution in [1.82, 2.24) is 20.4 Å². The fourth-order valence-corrected chi connectivity index (χ4v) is 4.50. The van der Waals surface area contributed by atoms with Crippen LogP contribution in [-0.4, -0.2) is 26.4 Å². The number of H-pyrrole nitrogens is 4. The van der Waals surface area contributed by atoms with Gasteiger partial charge in [-0.05, 0) is 44.2 Å². The van der Waals surface area contributed by atoms with Gasteiger partial charge in [-0.1, -0.05) is 41.9 Å². The van der Waals surface area contributed by atoms with Crippen LogP contribution < -0.4 is 11.1 Å². The first-order chi connectivity index (χ1) is 17.8. The number of carbonyl (C=O) groups excluding carboxylic acids is 1. The van der Waals surface area contributed by atoms with E-state index >= 15 is 0 Å². The Morgan fingerprint density at radius 2 is 1.49 bits per heavy atom. The third kappa shape index (κ3) is 4.68. The molecule has 0 atom stereocenters. The van der Waals surface area contributed by atoms with Crippen molar-refractivity contribution >= 4 is 17.6 Å². The maximum atomic E-state index is 12.6. The van der Waals surface area contributed by atoms with Crippen molar-refractivity contribution < 1.29 is 13.9 Å². The third-order valence-electron chi connectivity index (χ3n) is 6.23. The van der Waals surface area contributed by atoms with Crippen molar-refractivity contribution in [2.24, 2.45) is 0 Å². The summed E-state index contributed by atoms with van der Waals surface area (Å²) in [6, 6.07) is 17.4. The molecule has 0 amide bonds. The van der Waals surface area contributed by atoms with E-state index in [1.54, 1.807) is 62.4 Å². The van der Waals surface area contributed by atoms with E-state index < -0.39 is 11.9 Å². The minimum atomic E-state index is -0.724. The van der Waals surface area contributed by atoms with Crippen LogP contribution in [0.15, 0.2) is 74.7 Å². The molecule has 0 saturated heterocycles. The van der Waals surface area contributed by atoms with Crippen molar-refractivity contribution in [3.05, 3.63) is 126 Å². The largest absolute Gasteiger partial charge is 0.460 e. The predicted octanol–water partition coefficient (Wildman–Crippen LogP) is 4.79. The number of nitrogens with one attached hydrogen (secondary N) is 4. The minimum Gasteiger partial charge on any atom is -0.460 e. The highest BCUT2D eigenvalue weighted by Gasteiger charge is 2.30. The molecule has 0 fully saturated rings. The summed E-state index contributed by atoms with van der Waals surface area (Å²) >= 11 is 6.12. The molecule has 0 aliphatic heterocycles. The van der Waals surface area contributed by atoms with Crippen molar-refractivity contribution in [2.45, 2.75) is 26.4 Å². The fraction of sp³-hybridized carbons (Fsp3) is 0.148. The van der Waals surface area contributed by atoms with E-state index in [4.69, 9.17) is 20.8 Å². The number of aromatic amines is 4. The van der Waals surface area contributed by atoms with E-state index in [1.807, 2.05) is 12.1 Å². The van der Waals surface area contributed by atoms with Gasteiger partial charge in [-0.3, -0.25) is 19.8 Å². The third-order valence-corrected chi connectivity index (χ3v) is 6.60. The molecule has 5 rings (SSSR count). The van der Waals surface area contributed by atoms with Crippen LogP contribution in [0.1, 0.15) is 50.1 Å².